The second-order valence-corrected chi connectivity index (χ2v) is 10.0. The van der Waals surface area contributed by atoms with Crippen LogP contribution >= 0.6 is 0 Å². The molecule has 0 fully saturated rings. The van der Waals surface area contributed by atoms with Crippen LogP contribution in [0.5, 0.6) is 5.75 Å². The number of carbonyl (C=O) groups excluding carboxylic acids is 3. The Hall–Kier alpha value is -3.95. The predicted octanol–water partition coefficient (Wildman–Crippen LogP) is -1.89. The molecule has 42 heavy (non-hydrogen) atoms. The van der Waals surface area contributed by atoms with Crippen LogP contribution in [0.1, 0.15) is 56.9 Å². The normalized spacial score (nSPS) is 13.7. The molecule has 4 unspecified atom stereocenters. The number of nitrogens with zero attached hydrogens (tertiary/aromatic N) is 1. The quantitative estimate of drug-likeness (QED) is 0.0427. The first-order valence-corrected chi connectivity index (χ1v) is 14.1. The monoisotopic (exact) mass is 593 g/mol. The molecule has 1 aromatic rings. The number of carboxylic acids is 1. The fourth-order valence-electron chi connectivity index (χ4n) is 4.06. The number of aromatic hydroxyl groups is 1. The van der Waals surface area contributed by atoms with Crippen LogP contribution in [0.2, 0.25) is 0 Å². The standard InChI is InChI=1S/C27H47N9O6/c28-13-3-1-6-19(30)23(38)34-20(8-5-15-33-27(31)32)24(39)36-22(16-17-9-11-18(37)12-10-17)25(40)35-21(26(41)42)7-2-4-14-29/h9-12,19-22,37H,1-8,13-16,28-30H2,(H,34,38)(H,35,40)(H,36,39)(H,41,42)(H4,31,32,33). The molecule has 0 radical (unpaired) electrons. The summed E-state index contributed by atoms with van der Waals surface area (Å²) in [6.45, 7) is 1.04. The van der Waals surface area contributed by atoms with Gasteiger partial charge in [0.25, 0.3) is 0 Å². The molecule has 0 aliphatic heterocycles. The number of guanidine groups is 1. The minimum absolute atomic E-state index is 0.0136. The third kappa shape index (κ3) is 14.6. The van der Waals surface area contributed by atoms with E-state index in [1.807, 2.05) is 0 Å². The third-order valence-corrected chi connectivity index (χ3v) is 6.45. The number of benzene rings is 1. The molecule has 15 N–H and O–H groups in total. The fourth-order valence-corrected chi connectivity index (χ4v) is 4.06. The molecular formula is C27H47N9O6. The van der Waals surface area contributed by atoms with Gasteiger partial charge < -0.3 is 54.8 Å². The maximum atomic E-state index is 13.5. The molecule has 1 rings (SSSR count). The number of nitrogens with two attached hydrogens (primary N) is 5. The van der Waals surface area contributed by atoms with Crippen LogP contribution in [0.3, 0.4) is 0 Å². The summed E-state index contributed by atoms with van der Waals surface area (Å²) in [4.78, 5) is 55.2. The van der Waals surface area contributed by atoms with Crippen molar-refractivity contribution in [1.29, 1.82) is 0 Å². The molecule has 4 atom stereocenters. The van der Waals surface area contributed by atoms with Crippen molar-refractivity contribution in [1.82, 2.24) is 16.0 Å². The molecule has 0 heterocycles. The van der Waals surface area contributed by atoms with E-state index in [0.29, 0.717) is 57.2 Å². The van der Waals surface area contributed by atoms with Gasteiger partial charge in [0.05, 0.1) is 6.04 Å². The van der Waals surface area contributed by atoms with Crippen molar-refractivity contribution in [3.05, 3.63) is 29.8 Å². The first-order chi connectivity index (χ1) is 20.0. The summed E-state index contributed by atoms with van der Waals surface area (Å²) in [6.07, 6.45) is 3.38. The zero-order chi connectivity index (χ0) is 31.5. The topological polar surface area (TPSA) is 287 Å². The number of carbonyl (C=O) groups is 4. The van der Waals surface area contributed by atoms with Crippen LogP contribution < -0.4 is 44.6 Å². The summed E-state index contributed by atoms with van der Waals surface area (Å²) < 4.78 is 0. The number of unbranched alkanes of at least 4 members (excludes halogenated alkanes) is 2. The maximum absolute atomic E-state index is 13.5. The van der Waals surface area contributed by atoms with Crippen molar-refractivity contribution < 1.29 is 29.4 Å². The van der Waals surface area contributed by atoms with Crippen molar-refractivity contribution in [2.24, 2.45) is 33.7 Å². The van der Waals surface area contributed by atoms with Gasteiger partial charge in [-0.25, -0.2) is 4.79 Å². The molecule has 0 saturated heterocycles. The SMILES string of the molecule is NCCCCC(N)C(=O)NC(CCCN=C(N)N)C(=O)NC(Cc1ccc(O)cc1)C(=O)NC(CCCCN)C(=O)O. The molecule has 0 spiro atoms. The Balaban J connectivity index is 3.15. The number of aliphatic carboxylic acids is 1. The van der Waals surface area contributed by atoms with Gasteiger partial charge in [-0.1, -0.05) is 18.6 Å². The summed E-state index contributed by atoms with van der Waals surface area (Å²) in [7, 11) is 0. The van der Waals surface area contributed by atoms with Gasteiger partial charge in [0, 0.05) is 13.0 Å². The number of hydrogen-bond acceptors (Lipinski definition) is 9. The van der Waals surface area contributed by atoms with Crippen LogP contribution in [0.15, 0.2) is 29.3 Å². The zero-order valence-corrected chi connectivity index (χ0v) is 24.0. The molecule has 0 saturated carbocycles. The number of amides is 3. The lowest BCUT2D eigenvalue weighted by molar-refractivity contribution is -0.142. The van der Waals surface area contributed by atoms with Gasteiger partial charge >= 0.3 is 5.97 Å². The first kappa shape index (κ1) is 36.1. The largest absolute Gasteiger partial charge is 0.508 e. The van der Waals surface area contributed by atoms with E-state index in [9.17, 15) is 29.4 Å². The molecule has 0 aromatic heterocycles. The Labute approximate surface area is 246 Å². The van der Waals surface area contributed by atoms with E-state index < -0.39 is 47.9 Å². The number of rotatable bonds is 21. The Morgan fingerprint density at radius 3 is 1.83 bits per heavy atom. The van der Waals surface area contributed by atoms with E-state index in [0.717, 1.165) is 0 Å². The van der Waals surface area contributed by atoms with Crippen molar-refractivity contribution in [2.45, 2.75) is 82.0 Å². The van der Waals surface area contributed by atoms with Gasteiger partial charge in [-0.3, -0.25) is 19.4 Å². The smallest absolute Gasteiger partial charge is 0.326 e. The third-order valence-electron chi connectivity index (χ3n) is 6.45. The van der Waals surface area contributed by atoms with E-state index in [2.05, 4.69) is 20.9 Å². The van der Waals surface area contributed by atoms with Gasteiger partial charge in [0.1, 0.15) is 23.9 Å². The van der Waals surface area contributed by atoms with Crippen LogP contribution in [-0.4, -0.2) is 83.7 Å². The van der Waals surface area contributed by atoms with Gasteiger partial charge in [-0.2, -0.15) is 0 Å². The van der Waals surface area contributed by atoms with Gasteiger partial charge in [0.2, 0.25) is 17.7 Å². The molecule has 15 heteroatoms. The molecular weight excluding hydrogens is 546 g/mol. The van der Waals surface area contributed by atoms with Crippen LogP contribution in [0, 0.1) is 0 Å². The fraction of sp³-hybridized carbons (Fsp3) is 0.593. The van der Waals surface area contributed by atoms with E-state index in [-0.39, 0.29) is 37.5 Å². The summed E-state index contributed by atoms with van der Waals surface area (Å²) in [6, 6.07) is 1.67. The van der Waals surface area contributed by atoms with Crippen molar-refractivity contribution >= 4 is 29.7 Å². The molecule has 0 aliphatic rings. The minimum atomic E-state index is -1.22. The molecule has 0 aliphatic carbocycles. The first-order valence-electron chi connectivity index (χ1n) is 14.1. The number of aliphatic imine (C=N–C) groups is 1. The van der Waals surface area contributed by atoms with Gasteiger partial charge in [-0.15, -0.1) is 0 Å². The van der Waals surface area contributed by atoms with Gasteiger partial charge in [-0.05, 0) is 75.7 Å². The maximum Gasteiger partial charge on any atom is 0.326 e. The molecule has 236 valence electrons. The Morgan fingerprint density at radius 1 is 0.738 bits per heavy atom. The van der Waals surface area contributed by atoms with Crippen LogP contribution in [-0.2, 0) is 25.6 Å². The van der Waals surface area contributed by atoms with E-state index >= 15 is 0 Å². The Kier molecular flexibility index (Phi) is 17.2. The lowest BCUT2D eigenvalue weighted by Gasteiger charge is -2.25. The number of carboxylic acid groups (broad SMARTS) is 1. The van der Waals surface area contributed by atoms with Crippen molar-refractivity contribution in [3.8, 4) is 5.75 Å². The van der Waals surface area contributed by atoms with Crippen molar-refractivity contribution in [2.75, 3.05) is 19.6 Å². The number of phenolic OH excluding ortho intramolecular Hbond substituents is 1. The van der Waals surface area contributed by atoms with E-state index in [4.69, 9.17) is 28.7 Å². The zero-order valence-electron chi connectivity index (χ0n) is 24.0. The minimum Gasteiger partial charge on any atom is -0.508 e. The van der Waals surface area contributed by atoms with Crippen LogP contribution in [0.4, 0.5) is 0 Å². The lowest BCUT2D eigenvalue weighted by Crippen LogP contribution is -2.57. The van der Waals surface area contributed by atoms with E-state index in [1.165, 1.54) is 12.1 Å². The van der Waals surface area contributed by atoms with Gasteiger partial charge in [0.15, 0.2) is 5.96 Å². The average Bonchev–Trinajstić information content (AvgIpc) is 2.94. The summed E-state index contributed by atoms with van der Waals surface area (Å²) in [5.41, 5.74) is 28.4. The number of hydrogen-bond donors (Lipinski definition) is 10. The predicted molar refractivity (Wildman–Crippen MR) is 159 cm³/mol. The summed E-state index contributed by atoms with van der Waals surface area (Å²) in [5.74, 6) is -3.26. The Bertz CT molecular complexity index is 1020. The van der Waals surface area contributed by atoms with E-state index in [1.54, 1.807) is 12.1 Å². The summed E-state index contributed by atoms with van der Waals surface area (Å²) >= 11 is 0. The second-order valence-electron chi connectivity index (χ2n) is 10.0. The Morgan fingerprint density at radius 2 is 1.26 bits per heavy atom. The highest BCUT2D eigenvalue weighted by Crippen LogP contribution is 2.13. The number of nitrogens with one attached hydrogen (secondary N) is 3. The molecule has 0 bridgehead atoms. The number of phenols is 1. The molecule has 15 nitrogen and oxygen atoms in total. The average molecular weight is 594 g/mol. The highest BCUT2D eigenvalue weighted by Gasteiger charge is 2.30. The second kappa shape index (κ2) is 20.0. The van der Waals surface area contributed by atoms with Crippen LogP contribution in [0.25, 0.3) is 0 Å². The van der Waals surface area contributed by atoms with Crippen molar-refractivity contribution in [3.63, 3.8) is 0 Å². The summed E-state index contributed by atoms with van der Waals surface area (Å²) in [5, 5.41) is 27.1. The molecule has 1 aromatic carbocycles. The lowest BCUT2D eigenvalue weighted by atomic mass is 10.0. The highest BCUT2D eigenvalue weighted by atomic mass is 16.4. The highest BCUT2D eigenvalue weighted by molar-refractivity contribution is 5.94. The molecule has 3 amide bonds.